The van der Waals surface area contributed by atoms with Crippen molar-refractivity contribution in [3.63, 3.8) is 0 Å². The summed E-state index contributed by atoms with van der Waals surface area (Å²) in [4.78, 5) is 54.0. The maximum atomic E-state index is 13.5. The van der Waals surface area contributed by atoms with Crippen LogP contribution in [0.2, 0.25) is 0 Å². The third kappa shape index (κ3) is 7.32. The van der Waals surface area contributed by atoms with Gasteiger partial charge in [-0.2, -0.15) is 0 Å². The van der Waals surface area contributed by atoms with E-state index in [4.69, 9.17) is 18.9 Å². The molecule has 42 heavy (non-hydrogen) atoms. The normalized spacial score (nSPS) is 19.1. The monoisotopic (exact) mass is 584 g/mol. The van der Waals surface area contributed by atoms with Gasteiger partial charge in [0.15, 0.2) is 11.6 Å². The quantitative estimate of drug-likeness (QED) is 0.536. The number of carbonyl (C=O) groups is 4. The number of hydrogen-bond acceptors (Lipinski definition) is 8. The summed E-state index contributed by atoms with van der Waals surface area (Å²) in [6, 6.07) is 8.58. The third-order valence-corrected chi connectivity index (χ3v) is 7.11. The van der Waals surface area contributed by atoms with Gasteiger partial charge in [0, 0.05) is 26.2 Å². The number of rotatable bonds is 5. The zero-order chi connectivity index (χ0) is 30.7. The van der Waals surface area contributed by atoms with Crippen molar-refractivity contribution in [2.45, 2.75) is 39.3 Å². The van der Waals surface area contributed by atoms with Crippen molar-refractivity contribution in [1.82, 2.24) is 9.80 Å². The summed E-state index contributed by atoms with van der Waals surface area (Å²) in [5, 5.41) is 19.8. The van der Waals surface area contributed by atoms with Gasteiger partial charge in [-0.3, -0.25) is 9.59 Å². The molecular formula is C30H36N2O10. The van der Waals surface area contributed by atoms with E-state index in [0.717, 1.165) is 0 Å². The van der Waals surface area contributed by atoms with Crippen LogP contribution < -0.4 is 0 Å². The Kier molecular flexibility index (Phi) is 9.31. The minimum atomic E-state index is -1.30. The number of aromatic carboxylic acids is 2. The van der Waals surface area contributed by atoms with Crippen LogP contribution >= 0.6 is 0 Å². The highest BCUT2D eigenvalue weighted by Crippen LogP contribution is 2.28. The van der Waals surface area contributed by atoms with Gasteiger partial charge in [0.2, 0.25) is 0 Å². The molecule has 2 saturated heterocycles. The van der Waals surface area contributed by atoms with Crippen molar-refractivity contribution in [3.8, 4) is 11.1 Å². The van der Waals surface area contributed by atoms with E-state index in [2.05, 4.69) is 0 Å². The van der Waals surface area contributed by atoms with Crippen LogP contribution in [0, 0.1) is 0 Å². The Bertz CT molecular complexity index is 1350. The molecule has 2 aromatic rings. The SMILES string of the molecule is CC1(C)OCCN(C(=O)c2ccc(-c3ccc(C(=O)O)c(C(=O)N4CCOC(C)(C)OCC4)c3)cc2C(=O)O)CCO1. The average Bonchev–Trinajstić information content (AvgIpc) is 2.91. The van der Waals surface area contributed by atoms with E-state index in [1.165, 1.54) is 40.1 Å². The molecule has 2 aromatic carbocycles. The molecule has 2 aliphatic heterocycles. The zero-order valence-electron chi connectivity index (χ0n) is 24.2. The van der Waals surface area contributed by atoms with Crippen LogP contribution in [0.15, 0.2) is 36.4 Å². The number of benzene rings is 2. The molecule has 0 atom stereocenters. The summed E-state index contributed by atoms with van der Waals surface area (Å²) < 4.78 is 22.6. The molecule has 12 heteroatoms. The Morgan fingerprint density at radius 1 is 0.571 bits per heavy atom. The van der Waals surface area contributed by atoms with Crippen molar-refractivity contribution >= 4 is 23.8 Å². The van der Waals surface area contributed by atoms with E-state index in [1.54, 1.807) is 33.8 Å². The predicted octanol–water partition coefficient (Wildman–Crippen LogP) is 3.20. The fourth-order valence-electron chi connectivity index (χ4n) is 4.83. The maximum Gasteiger partial charge on any atom is 0.336 e. The number of carboxylic acid groups (broad SMARTS) is 2. The number of carboxylic acids is 2. The van der Waals surface area contributed by atoms with Gasteiger partial charge in [-0.15, -0.1) is 0 Å². The van der Waals surface area contributed by atoms with Crippen LogP contribution in [0.5, 0.6) is 0 Å². The van der Waals surface area contributed by atoms with E-state index in [9.17, 15) is 29.4 Å². The summed E-state index contributed by atoms with van der Waals surface area (Å²) in [6.45, 7) is 8.96. The summed E-state index contributed by atoms with van der Waals surface area (Å²) in [7, 11) is 0. The van der Waals surface area contributed by atoms with Gasteiger partial charge in [0.05, 0.1) is 48.7 Å². The number of carbonyl (C=O) groups excluding carboxylic acids is 2. The molecule has 12 nitrogen and oxygen atoms in total. The lowest BCUT2D eigenvalue weighted by Crippen LogP contribution is -2.43. The first-order valence-corrected chi connectivity index (χ1v) is 13.7. The molecular weight excluding hydrogens is 548 g/mol. The van der Waals surface area contributed by atoms with Crippen molar-refractivity contribution in [2.24, 2.45) is 0 Å². The Balaban J connectivity index is 1.63. The molecule has 0 spiro atoms. The van der Waals surface area contributed by atoms with Gasteiger partial charge in [0.1, 0.15) is 0 Å². The summed E-state index contributed by atoms with van der Waals surface area (Å²) in [6.07, 6.45) is 0. The number of nitrogens with zero attached hydrogens (tertiary/aromatic N) is 2. The molecule has 2 N–H and O–H groups in total. The van der Waals surface area contributed by atoms with Crippen LogP contribution in [0.3, 0.4) is 0 Å². The molecule has 0 aromatic heterocycles. The van der Waals surface area contributed by atoms with Crippen LogP contribution in [-0.2, 0) is 18.9 Å². The van der Waals surface area contributed by atoms with Crippen molar-refractivity contribution in [1.29, 1.82) is 0 Å². The average molecular weight is 585 g/mol. The standard InChI is InChI=1S/C30H36N2O10/c1-29(2)39-13-9-31(10-14-40-29)25(33)21-7-5-20(18-24(21)28(37)38)19-6-8-22(27(35)36)23(17-19)26(34)32-11-15-41-30(3,4)42-16-12-32/h5-8,17-18H,9-16H2,1-4H3,(H,35,36)(H,37,38). The lowest BCUT2D eigenvalue weighted by atomic mass is 9.95. The smallest absolute Gasteiger partial charge is 0.336 e. The van der Waals surface area contributed by atoms with Crippen molar-refractivity contribution in [2.75, 3.05) is 52.6 Å². The second-order valence-electron chi connectivity index (χ2n) is 10.9. The Labute approximate surface area is 243 Å². The third-order valence-electron chi connectivity index (χ3n) is 7.11. The van der Waals surface area contributed by atoms with E-state index in [0.29, 0.717) is 11.1 Å². The van der Waals surface area contributed by atoms with E-state index < -0.39 is 35.3 Å². The highest BCUT2D eigenvalue weighted by molar-refractivity contribution is 6.07. The second kappa shape index (κ2) is 12.6. The van der Waals surface area contributed by atoms with E-state index >= 15 is 0 Å². The minimum Gasteiger partial charge on any atom is -0.478 e. The van der Waals surface area contributed by atoms with Gasteiger partial charge < -0.3 is 39.0 Å². The fourth-order valence-corrected chi connectivity index (χ4v) is 4.83. The molecule has 2 fully saturated rings. The van der Waals surface area contributed by atoms with Gasteiger partial charge in [0.25, 0.3) is 11.8 Å². The Hall–Kier alpha value is -3.84. The van der Waals surface area contributed by atoms with E-state index in [1.807, 2.05) is 0 Å². The lowest BCUT2D eigenvalue weighted by molar-refractivity contribution is -0.224. The molecule has 0 saturated carbocycles. The minimum absolute atomic E-state index is 0.00639. The van der Waals surface area contributed by atoms with Crippen molar-refractivity contribution < 1.29 is 48.3 Å². The molecule has 0 radical (unpaired) electrons. The lowest BCUT2D eigenvalue weighted by Gasteiger charge is -2.33. The van der Waals surface area contributed by atoms with Crippen LogP contribution in [0.1, 0.15) is 69.1 Å². The first kappa shape index (κ1) is 31.1. The van der Waals surface area contributed by atoms with Gasteiger partial charge in [-0.1, -0.05) is 12.1 Å². The number of amides is 2. The van der Waals surface area contributed by atoms with Crippen LogP contribution in [0.25, 0.3) is 11.1 Å². The summed E-state index contributed by atoms with van der Waals surface area (Å²) in [5.41, 5.74) is 0.340. The maximum absolute atomic E-state index is 13.5. The first-order valence-electron chi connectivity index (χ1n) is 13.7. The highest BCUT2D eigenvalue weighted by atomic mass is 16.7. The Morgan fingerprint density at radius 2 is 0.929 bits per heavy atom. The van der Waals surface area contributed by atoms with Gasteiger partial charge >= 0.3 is 11.9 Å². The highest BCUT2D eigenvalue weighted by Gasteiger charge is 2.29. The first-order chi connectivity index (χ1) is 19.8. The summed E-state index contributed by atoms with van der Waals surface area (Å²) in [5.74, 6) is -5.14. The Morgan fingerprint density at radius 3 is 1.33 bits per heavy atom. The van der Waals surface area contributed by atoms with Gasteiger partial charge in [-0.05, 0) is 63.1 Å². The summed E-state index contributed by atoms with van der Waals surface area (Å²) >= 11 is 0. The predicted molar refractivity (Wildman–Crippen MR) is 150 cm³/mol. The molecule has 0 bridgehead atoms. The van der Waals surface area contributed by atoms with E-state index in [-0.39, 0.29) is 74.9 Å². The van der Waals surface area contributed by atoms with Gasteiger partial charge in [-0.25, -0.2) is 9.59 Å². The molecule has 0 aliphatic carbocycles. The fraction of sp³-hybridized carbons (Fsp3) is 0.467. The topological polar surface area (TPSA) is 152 Å². The molecule has 2 heterocycles. The molecule has 0 unspecified atom stereocenters. The number of hydrogen-bond donors (Lipinski definition) is 2. The molecule has 2 aliphatic rings. The molecule has 2 amide bonds. The van der Waals surface area contributed by atoms with Crippen molar-refractivity contribution in [3.05, 3.63) is 58.7 Å². The second-order valence-corrected chi connectivity index (χ2v) is 10.9. The van der Waals surface area contributed by atoms with Crippen LogP contribution in [-0.4, -0.2) is 108 Å². The molecule has 226 valence electrons. The van der Waals surface area contributed by atoms with Crippen LogP contribution in [0.4, 0.5) is 0 Å². The number of ether oxygens (including phenoxy) is 4. The largest absolute Gasteiger partial charge is 0.478 e. The molecule has 4 rings (SSSR count). The zero-order valence-corrected chi connectivity index (χ0v) is 24.2.